The van der Waals surface area contributed by atoms with Crippen LogP contribution in [0.2, 0.25) is 5.02 Å². The van der Waals surface area contributed by atoms with Gasteiger partial charge in [-0.15, -0.1) is 24.0 Å². The number of hydrogen-bond donors (Lipinski definition) is 1. The number of nitrogens with zero attached hydrogens (tertiary/aromatic N) is 5. The standard InChI is InChI=1S/C20H27ClN6O2.HI/c1-4-29-18-16(21)12-15(13-17(18)28-3)14-25-19(22-2)26-8-10-27(11-9-26)20-23-6-5-7-24-20;/h5-7,12-13H,4,8-11,14H2,1-3H3,(H,22,25);1H. The average molecular weight is 547 g/mol. The van der Waals surface area contributed by atoms with E-state index < -0.39 is 0 Å². The summed E-state index contributed by atoms with van der Waals surface area (Å²) in [4.78, 5) is 17.5. The molecule has 30 heavy (non-hydrogen) atoms. The van der Waals surface area contributed by atoms with Crippen molar-refractivity contribution in [3.05, 3.63) is 41.2 Å². The van der Waals surface area contributed by atoms with Crippen molar-refractivity contribution in [2.45, 2.75) is 13.5 Å². The number of guanidine groups is 1. The lowest BCUT2D eigenvalue weighted by Gasteiger charge is -2.36. The van der Waals surface area contributed by atoms with Crippen LogP contribution in [0.4, 0.5) is 5.95 Å². The van der Waals surface area contributed by atoms with Gasteiger partial charge in [0.1, 0.15) is 0 Å². The Morgan fingerprint density at radius 2 is 1.90 bits per heavy atom. The lowest BCUT2D eigenvalue weighted by molar-refractivity contribution is 0.311. The molecule has 2 aromatic rings. The van der Waals surface area contributed by atoms with E-state index >= 15 is 0 Å². The van der Waals surface area contributed by atoms with Crippen molar-refractivity contribution < 1.29 is 9.47 Å². The van der Waals surface area contributed by atoms with Crippen LogP contribution in [0.3, 0.4) is 0 Å². The van der Waals surface area contributed by atoms with E-state index in [9.17, 15) is 0 Å². The molecule has 164 valence electrons. The predicted octanol–water partition coefficient (Wildman–Crippen LogP) is 3.05. The van der Waals surface area contributed by atoms with E-state index in [4.69, 9.17) is 21.1 Å². The Labute approximate surface area is 199 Å². The van der Waals surface area contributed by atoms with Crippen molar-refractivity contribution >= 4 is 47.5 Å². The minimum absolute atomic E-state index is 0. The third-order valence-electron chi connectivity index (χ3n) is 4.65. The molecule has 0 amide bonds. The van der Waals surface area contributed by atoms with Crippen molar-refractivity contribution in [3.63, 3.8) is 0 Å². The summed E-state index contributed by atoms with van der Waals surface area (Å²) in [5.41, 5.74) is 0.993. The molecule has 10 heteroatoms. The molecule has 0 radical (unpaired) electrons. The highest BCUT2D eigenvalue weighted by atomic mass is 127. The van der Waals surface area contributed by atoms with Crippen LogP contribution in [0.25, 0.3) is 0 Å². The maximum Gasteiger partial charge on any atom is 0.225 e. The first-order chi connectivity index (χ1) is 14.2. The van der Waals surface area contributed by atoms with Gasteiger partial charge in [0.05, 0.1) is 18.7 Å². The summed E-state index contributed by atoms with van der Waals surface area (Å²) in [5.74, 6) is 2.82. The lowest BCUT2D eigenvalue weighted by atomic mass is 10.2. The lowest BCUT2D eigenvalue weighted by Crippen LogP contribution is -2.52. The summed E-state index contributed by atoms with van der Waals surface area (Å²) >= 11 is 6.37. The van der Waals surface area contributed by atoms with Crippen LogP contribution in [-0.4, -0.2) is 67.8 Å². The molecule has 1 aromatic heterocycles. The molecule has 3 rings (SSSR count). The molecule has 1 saturated heterocycles. The van der Waals surface area contributed by atoms with Gasteiger partial charge < -0.3 is 24.6 Å². The Bertz CT molecular complexity index is 832. The molecule has 1 aliphatic heterocycles. The first-order valence-electron chi connectivity index (χ1n) is 9.63. The SMILES string of the molecule is CCOc1c(Cl)cc(CNC(=NC)N2CCN(c3ncccn3)CC2)cc1OC.I. The van der Waals surface area contributed by atoms with Crippen molar-refractivity contribution in [3.8, 4) is 11.5 Å². The molecular formula is C20H28ClIN6O2. The number of halogens is 2. The number of ether oxygens (including phenoxy) is 2. The van der Waals surface area contributed by atoms with Crippen molar-refractivity contribution in [2.24, 2.45) is 4.99 Å². The average Bonchev–Trinajstić information content (AvgIpc) is 2.77. The van der Waals surface area contributed by atoms with E-state index in [-0.39, 0.29) is 24.0 Å². The fraction of sp³-hybridized carbons (Fsp3) is 0.450. The van der Waals surface area contributed by atoms with Crippen molar-refractivity contribution in [1.29, 1.82) is 0 Å². The number of aromatic nitrogens is 2. The quantitative estimate of drug-likeness (QED) is 0.339. The first kappa shape index (κ1) is 24.3. The van der Waals surface area contributed by atoms with Crippen LogP contribution in [0.1, 0.15) is 12.5 Å². The summed E-state index contributed by atoms with van der Waals surface area (Å²) in [5, 5.41) is 3.95. The predicted molar refractivity (Wildman–Crippen MR) is 131 cm³/mol. The first-order valence-corrected chi connectivity index (χ1v) is 10.0. The number of aliphatic imine (C=N–C) groups is 1. The van der Waals surface area contributed by atoms with E-state index in [0.29, 0.717) is 29.7 Å². The zero-order valence-electron chi connectivity index (χ0n) is 17.5. The maximum atomic E-state index is 6.37. The Balaban J connectivity index is 0.00000320. The summed E-state index contributed by atoms with van der Waals surface area (Å²) in [6.07, 6.45) is 3.54. The molecule has 0 unspecified atom stereocenters. The molecule has 0 bridgehead atoms. The molecule has 1 aliphatic rings. The Hall–Kier alpha value is -2.01. The number of nitrogens with one attached hydrogen (secondary N) is 1. The van der Waals surface area contributed by atoms with Gasteiger partial charge in [-0.25, -0.2) is 9.97 Å². The van der Waals surface area contributed by atoms with Gasteiger partial charge in [0, 0.05) is 52.2 Å². The van der Waals surface area contributed by atoms with Gasteiger partial charge in [0.2, 0.25) is 5.95 Å². The zero-order chi connectivity index (χ0) is 20.6. The van der Waals surface area contributed by atoms with E-state index in [0.717, 1.165) is 43.7 Å². The van der Waals surface area contributed by atoms with Crippen molar-refractivity contribution in [2.75, 3.05) is 51.8 Å². The smallest absolute Gasteiger partial charge is 0.225 e. The van der Waals surface area contributed by atoms with Gasteiger partial charge in [-0.3, -0.25) is 4.99 Å². The zero-order valence-corrected chi connectivity index (χ0v) is 20.6. The van der Waals surface area contributed by atoms with Crippen LogP contribution in [0, 0.1) is 0 Å². The fourth-order valence-corrected chi connectivity index (χ4v) is 3.53. The normalized spacial score (nSPS) is 14.2. The second kappa shape index (κ2) is 12.0. The number of benzene rings is 1. The number of anilines is 1. The minimum Gasteiger partial charge on any atom is -0.493 e. The largest absolute Gasteiger partial charge is 0.493 e. The van der Waals surface area contributed by atoms with Crippen LogP contribution < -0.4 is 19.7 Å². The molecule has 0 atom stereocenters. The summed E-state index contributed by atoms with van der Waals surface area (Å²) in [6.45, 7) is 6.38. The summed E-state index contributed by atoms with van der Waals surface area (Å²) < 4.78 is 11.0. The Morgan fingerprint density at radius 3 is 2.50 bits per heavy atom. The van der Waals surface area contributed by atoms with Gasteiger partial charge in [0.15, 0.2) is 17.5 Å². The van der Waals surface area contributed by atoms with E-state index in [1.165, 1.54) is 0 Å². The molecule has 1 fully saturated rings. The minimum atomic E-state index is 0. The molecule has 0 saturated carbocycles. The molecule has 2 heterocycles. The third kappa shape index (κ3) is 6.00. The topological polar surface area (TPSA) is 75.1 Å². The maximum absolute atomic E-state index is 6.37. The second-order valence-electron chi connectivity index (χ2n) is 6.47. The van der Waals surface area contributed by atoms with E-state index in [2.05, 4.69) is 30.1 Å². The highest BCUT2D eigenvalue weighted by Crippen LogP contribution is 2.36. The molecule has 1 N–H and O–H groups in total. The van der Waals surface area contributed by atoms with E-state index in [1.54, 1.807) is 26.6 Å². The number of hydrogen-bond acceptors (Lipinski definition) is 6. The van der Waals surface area contributed by atoms with Gasteiger partial charge >= 0.3 is 0 Å². The monoisotopic (exact) mass is 546 g/mol. The molecule has 8 nitrogen and oxygen atoms in total. The van der Waals surface area contributed by atoms with Gasteiger partial charge in [-0.05, 0) is 30.7 Å². The third-order valence-corrected chi connectivity index (χ3v) is 4.94. The summed E-state index contributed by atoms with van der Waals surface area (Å²) in [6, 6.07) is 5.65. The summed E-state index contributed by atoms with van der Waals surface area (Å²) in [7, 11) is 3.40. The van der Waals surface area contributed by atoms with Gasteiger partial charge in [-0.1, -0.05) is 11.6 Å². The molecule has 0 spiro atoms. The fourth-order valence-electron chi connectivity index (χ4n) is 3.25. The Morgan fingerprint density at radius 1 is 1.20 bits per heavy atom. The van der Waals surface area contributed by atoms with Crippen LogP contribution >= 0.6 is 35.6 Å². The van der Waals surface area contributed by atoms with Crippen molar-refractivity contribution in [1.82, 2.24) is 20.2 Å². The molecule has 1 aromatic carbocycles. The van der Waals surface area contributed by atoms with Gasteiger partial charge in [0.25, 0.3) is 0 Å². The highest BCUT2D eigenvalue weighted by Gasteiger charge is 2.21. The number of rotatable bonds is 6. The van der Waals surface area contributed by atoms with Crippen LogP contribution in [-0.2, 0) is 6.54 Å². The second-order valence-corrected chi connectivity index (χ2v) is 6.87. The molecular weight excluding hydrogens is 519 g/mol. The Kier molecular flexibility index (Phi) is 9.70. The number of methoxy groups -OCH3 is 1. The number of piperazine rings is 1. The highest BCUT2D eigenvalue weighted by molar-refractivity contribution is 14.0. The van der Waals surface area contributed by atoms with Crippen LogP contribution in [0.15, 0.2) is 35.6 Å². The van der Waals surface area contributed by atoms with E-state index in [1.807, 2.05) is 25.1 Å². The molecule has 0 aliphatic carbocycles. The van der Waals surface area contributed by atoms with Crippen LogP contribution in [0.5, 0.6) is 11.5 Å². The van der Waals surface area contributed by atoms with Gasteiger partial charge in [-0.2, -0.15) is 0 Å².